The Balaban J connectivity index is 1.16. The summed E-state index contributed by atoms with van der Waals surface area (Å²) < 4.78 is 5.44. The summed E-state index contributed by atoms with van der Waals surface area (Å²) in [6, 6.07) is 17.6. The van der Waals surface area contributed by atoms with E-state index in [0.29, 0.717) is 36.4 Å². The molecule has 3 heterocycles. The lowest BCUT2D eigenvalue weighted by Gasteiger charge is -2.33. The maximum Gasteiger partial charge on any atom is 0.265 e. The van der Waals surface area contributed by atoms with Gasteiger partial charge in [0, 0.05) is 43.2 Å². The predicted octanol–water partition coefficient (Wildman–Crippen LogP) is 4.70. The molecule has 0 unspecified atom stereocenters. The Bertz CT molecular complexity index is 1260. The molecule has 2 aromatic carbocycles. The average Bonchev–Trinajstić information content (AvgIpc) is 3.46. The first kappa shape index (κ1) is 22.7. The largest absolute Gasteiger partial charge is 0.338 e. The molecule has 1 amide bonds. The van der Waals surface area contributed by atoms with Gasteiger partial charge in [-0.1, -0.05) is 47.1 Å². The summed E-state index contributed by atoms with van der Waals surface area (Å²) in [5, 5.41) is 5.72. The minimum Gasteiger partial charge on any atom is -0.338 e. The molecule has 0 N–H and O–H groups in total. The molecule has 34 heavy (non-hydrogen) atoms. The number of hydrogen-bond acceptors (Lipinski definition) is 7. The van der Waals surface area contributed by atoms with Gasteiger partial charge in [-0.05, 0) is 36.8 Å². The smallest absolute Gasteiger partial charge is 0.265 e. The number of carbonyl (C=O) groups is 1. The number of hydrogen-bond donors (Lipinski definition) is 0. The van der Waals surface area contributed by atoms with E-state index in [1.807, 2.05) is 42.2 Å². The van der Waals surface area contributed by atoms with Gasteiger partial charge in [0.2, 0.25) is 11.7 Å². The van der Waals surface area contributed by atoms with Gasteiger partial charge < -0.3 is 9.42 Å². The van der Waals surface area contributed by atoms with Crippen LogP contribution < -0.4 is 0 Å². The second-order valence-corrected chi connectivity index (χ2v) is 9.79. The first-order chi connectivity index (χ1) is 16.5. The lowest BCUT2D eigenvalue weighted by molar-refractivity contribution is 0.0619. The number of amides is 1. The van der Waals surface area contributed by atoms with Crippen molar-refractivity contribution < 1.29 is 9.32 Å². The average molecular weight is 494 g/mol. The van der Waals surface area contributed by atoms with E-state index in [0.717, 1.165) is 40.7 Å². The molecule has 5 rings (SSSR count). The van der Waals surface area contributed by atoms with Gasteiger partial charge in [0.05, 0.1) is 17.2 Å². The Morgan fingerprint density at radius 1 is 1.03 bits per heavy atom. The Hall–Kier alpha value is -3.07. The molecule has 2 aromatic heterocycles. The molecule has 4 aromatic rings. The Morgan fingerprint density at radius 2 is 1.76 bits per heavy atom. The molecule has 0 radical (unpaired) electrons. The van der Waals surface area contributed by atoms with E-state index in [4.69, 9.17) is 16.1 Å². The highest BCUT2D eigenvalue weighted by Crippen LogP contribution is 2.24. The van der Waals surface area contributed by atoms with Crippen molar-refractivity contribution in [2.75, 3.05) is 26.2 Å². The maximum atomic E-state index is 13.2. The van der Waals surface area contributed by atoms with Gasteiger partial charge in [0.15, 0.2) is 0 Å². The summed E-state index contributed by atoms with van der Waals surface area (Å²) in [7, 11) is 0. The molecule has 0 atom stereocenters. The molecule has 0 spiro atoms. The van der Waals surface area contributed by atoms with Crippen LogP contribution in [0.4, 0.5) is 0 Å². The predicted molar refractivity (Wildman–Crippen MR) is 132 cm³/mol. The standard InChI is InChI=1S/C25H24ClN5O2S/c1-17-23(34-22(27-17)15-18-5-3-2-4-6-18)25(32)31-13-11-30(12-14-31)16-21-28-24(29-33-21)19-7-9-20(26)10-8-19/h2-10H,11-16H2,1H3. The topological polar surface area (TPSA) is 75.4 Å². The molecule has 1 aliphatic rings. The monoisotopic (exact) mass is 493 g/mol. The second kappa shape index (κ2) is 10.0. The second-order valence-electron chi connectivity index (χ2n) is 8.27. The van der Waals surface area contributed by atoms with Crippen molar-refractivity contribution in [2.24, 2.45) is 0 Å². The Morgan fingerprint density at radius 3 is 2.50 bits per heavy atom. The molecule has 1 fully saturated rings. The van der Waals surface area contributed by atoms with E-state index in [-0.39, 0.29) is 5.91 Å². The highest BCUT2D eigenvalue weighted by molar-refractivity contribution is 7.13. The lowest BCUT2D eigenvalue weighted by Crippen LogP contribution is -2.48. The van der Waals surface area contributed by atoms with Crippen LogP contribution in [0.15, 0.2) is 59.1 Å². The van der Waals surface area contributed by atoms with Crippen molar-refractivity contribution in [3.63, 3.8) is 0 Å². The molecular formula is C25H24ClN5O2S. The van der Waals surface area contributed by atoms with Crippen LogP contribution in [-0.4, -0.2) is 57.0 Å². The van der Waals surface area contributed by atoms with Crippen molar-refractivity contribution >= 4 is 28.8 Å². The normalized spacial score (nSPS) is 14.5. The number of nitrogens with zero attached hydrogens (tertiary/aromatic N) is 5. The summed E-state index contributed by atoms with van der Waals surface area (Å²) in [6.07, 6.45) is 0.746. The van der Waals surface area contributed by atoms with Crippen molar-refractivity contribution in [2.45, 2.75) is 19.9 Å². The van der Waals surface area contributed by atoms with E-state index in [2.05, 4.69) is 32.2 Å². The quantitative estimate of drug-likeness (QED) is 0.387. The highest BCUT2D eigenvalue weighted by Gasteiger charge is 2.26. The fourth-order valence-corrected chi connectivity index (χ4v) is 5.17. The fraction of sp³-hybridized carbons (Fsp3) is 0.280. The molecule has 7 nitrogen and oxygen atoms in total. The zero-order chi connectivity index (χ0) is 23.5. The summed E-state index contributed by atoms with van der Waals surface area (Å²) in [6.45, 7) is 5.29. The van der Waals surface area contributed by atoms with E-state index in [1.54, 1.807) is 12.1 Å². The van der Waals surface area contributed by atoms with Crippen LogP contribution in [0.2, 0.25) is 5.02 Å². The van der Waals surface area contributed by atoms with Gasteiger partial charge in [-0.15, -0.1) is 11.3 Å². The number of thiazole rings is 1. The van der Waals surface area contributed by atoms with Crippen LogP contribution in [0.5, 0.6) is 0 Å². The van der Waals surface area contributed by atoms with Gasteiger partial charge in [0.1, 0.15) is 4.88 Å². The van der Waals surface area contributed by atoms with Crippen LogP contribution in [0.3, 0.4) is 0 Å². The van der Waals surface area contributed by atoms with Crippen LogP contribution in [0, 0.1) is 6.92 Å². The molecule has 0 saturated carbocycles. The molecule has 174 valence electrons. The summed E-state index contributed by atoms with van der Waals surface area (Å²) >= 11 is 7.45. The number of aryl methyl sites for hydroxylation is 1. The number of halogens is 1. The number of aromatic nitrogens is 3. The zero-order valence-electron chi connectivity index (χ0n) is 18.8. The van der Waals surface area contributed by atoms with Gasteiger partial charge in [-0.3, -0.25) is 9.69 Å². The minimum absolute atomic E-state index is 0.0665. The van der Waals surface area contributed by atoms with Gasteiger partial charge in [-0.25, -0.2) is 4.98 Å². The van der Waals surface area contributed by atoms with E-state index >= 15 is 0 Å². The molecule has 9 heteroatoms. The number of carbonyl (C=O) groups excluding carboxylic acids is 1. The first-order valence-electron chi connectivity index (χ1n) is 11.2. The molecule has 1 aliphatic heterocycles. The highest BCUT2D eigenvalue weighted by atomic mass is 35.5. The van der Waals surface area contributed by atoms with Crippen molar-refractivity contribution in [1.82, 2.24) is 24.9 Å². The van der Waals surface area contributed by atoms with E-state index in [9.17, 15) is 4.79 Å². The van der Waals surface area contributed by atoms with Crippen LogP contribution >= 0.6 is 22.9 Å². The van der Waals surface area contributed by atoms with Gasteiger partial charge in [-0.2, -0.15) is 4.98 Å². The fourth-order valence-electron chi connectivity index (χ4n) is 3.98. The lowest BCUT2D eigenvalue weighted by atomic mass is 10.2. The van der Waals surface area contributed by atoms with Crippen molar-refractivity contribution in [3.05, 3.63) is 86.7 Å². The first-order valence-corrected chi connectivity index (χ1v) is 12.3. The van der Waals surface area contributed by atoms with Crippen molar-refractivity contribution in [1.29, 1.82) is 0 Å². The third kappa shape index (κ3) is 5.19. The number of benzene rings is 2. The van der Waals surface area contributed by atoms with Gasteiger partial charge in [0.25, 0.3) is 5.91 Å². The number of rotatable bonds is 6. The van der Waals surface area contributed by atoms with Gasteiger partial charge >= 0.3 is 0 Å². The zero-order valence-corrected chi connectivity index (χ0v) is 20.3. The molecule has 1 saturated heterocycles. The molecule has 0 bridgehead atoms. The van der Waals surface area contributed by atoms with Crippen molar-refractivity contribution in [3.8, 4) is 11.4 Å². The minimum atomic E-state index is 0.0665. The summed E-state index contributed by atoms with van der Waals surface area (Å²) in [5.74, 6) is 1.18. The molecular weight excluding hydrogens is 470 g/mol. The molecule has 0 aliphatic carbocycles. The van der Waals surface area contributed by atoms with Crippen LogP contribution in [0.1, 0.15) is 31.8 Å². The van der Waals surface area contributed by atoms with E-state index < -0.39 is 0 Å². The Labute approximate surface area is 207 Å². The third-order valence-electron chi connectivity index (χ3n) is 5.82. The SMILES string of the molecule is Cc1nc(Cc2ccccc2)sc1C(=O)N1CCN(Cc2nc(-c3ccc(Cl)cc3)no2)CC1. The van der Waals surface area contributed by atoms with Crippen LogP contribution in [0.25, 0.3) is 11.4 Å². The maximum absolute atomic E-state index is 13.2. The number of piperazine rings is 1. The van der Waals surface area contributed by atoms with E-state index in [1.165, 1.54) is 16.9 Å². The summed E-state index contributed by atoms with van der Waals surface area (Å²) in [4.78, 5) is 27.2. The Kier molecular flexibility index (Phi) is 6.71. The third-order valence-corrected chi connectivity index (χ3v) is 7.22. The summed E-state index contributed by atoms with van der Waals surface area (Å²) in [5.41, 5.74) is 2.87. The van der Waals surface area contributed by atoms with Crippen LogP contribution in [-0.2, 0) is 13.0 Å².